The van der Waals surface area contributed by atoms with E-state index in [1.165, 1.54) is 19.3 Å². The Balaban J connectivity index is 3.16. The van der Waals surface area contributed by atoms with Crippen molar-refractivity contribution in [2.75, 3.05) is 19.9 Å². The summed E-state index contributed by atoms with van der Waals surface area (Å²) in [6, 6.07) is 0. The second kappa shape index (κ2) is 9.42. The minimum Gasteiger partial charge on any atom is -0.376 e. The van der Waals surface area contributed by atoms with Crippen LogP contribution in [0.4, 0.5) is 0 Å². The van der Waals surface area contributed by atoms with Crippen LogP contribution in [0.25, 0.3) is 0 Å². The van der Waals surface area contributed by atoms with Crippen LogP contribution in [0.2, 0.25) is 0 Å². The molecular formula is C13H27NO3. The summed E-state index contributed by atoms with van der Waals surface area (Å²) < 4.78 is 5.17. The van der Waals surface area contributed by atoms with Crippen molar-refractivity contribution >= 4 is 5.91 Å². The molecule has 0 aromatic rings. The summed E-state index contributed by atoms with van der Waals surface area (Å²) in [4.78, 5) is 10.9. The van der Waals surface area contributed by atoms with Crippen molar-refractivity contribution in [1.29, 1.82) is 0 Å². The minimum absolute atomic E-state index is 0.0442. The Bertz CT molecular complexity index is 199. The number of ether oxygens (including phenoxy) is 1. The molecule has 0 bridgehead atoms. The fraction of sp³-hybridized carbons (Fsp3) is 0.923. The van der Waals surface area contributed by atoms with Gasteiger partial charge in [-0.25, -0.2) is 0 Å². The summed E-state index contributed by atoms with van der Waals surface area (Å²) in [6.45, 7) is 7.12. The average Bonchev–Trinajstić information content (AvgIpc) is 2.21. The van der Waals surface area contributed by atoms with Gasteiger partial charge in [-0.15, -0.1) is 0 Å². The van der Waals surface area contributed by atoms with E-state index in [9.17, 15) is 4.79 Å². The third kappa shape index (κ3) is 13.3. The molecule has 0 spiro atoms. The molecule has 0 unspecified atom stereocenters. The zero-order chi connectivity index (χ0) is 13.1. The van der Waals surface area contributed by atoms with Crippen molar-refractivity contribution in [3.63, 3.8) is 0 Å². The Hall–Kier alpha value is -0.610. The monoisotopic (exact) mass is 245 g/mol. The summed E-state index contributed by atoms with van der Waals surface area (Å²) >= 11 is 0. The third-order valence-electron chi connectivity index (χ3n) is 2.47. The van der Waals surface area contributed by atoms with E-state index in [0.29, 0.717) is 12.0 Å². The van der Waals surface area contributed by atoms with Crippen LogP contribution in [0.5, 0.6) is 0 Å². The first-order valence-electron chi connectivity index (χ1n) is 6.41. The van der Waals surface area contributed by atoms with Gasteiger partial charge in [0.05, 0.1) is 0 Å². The fourth-order valence-corrected chi connectivity index (χ4v) is 1.52. The molecule has 4 heteroatoms. The summed E-state index contributed by atoms with van der Waals surface area (Å²) in [6.07, 6.45) is 5.89. The number of nitrogens with one attached hydrogen (secondary N) is 1. The highest BCUT2D eigenvalue weighted by Gasteiger charge is 2.08. The van der Waals surface area contributed by atoms with Crippen LogP contribution in [0, 0.1) is 5.41 Å². The van der Waals surface area contributed by atoms with Crippen LogP contribution in [-0.2, 0) is 9.53 Å². The molecule has 0 saturated carbocycles. The number of hydrogen-bond donors (Lipinski definition) is 2. The predicted octanol–water partition coefficient (Wildman–Crippen LogP) is 2.07. The van der Waals surface area contributed by atoms with E-state index in [2.05, 4.69) is 26.1 Å². The maximum atomic E-state index is 10.9. The molecular weight excluding hydrogens is 218 g/mol. The number of aliphatic hydroxyl groups is 1. The molecule has 0 aliphatic carbocycles. The Morgan fingerprint density at radius 1 is 1.18 bits per heavy atom. The van der Waals surface area contributed by atoms with E-state index in [4.69, 9.17) is 9.84 Å². The SMILES string of the molecule is CC(C)(C)CCCCCCOCC(=O)NCO. The lowest BCUT2D eigenvalue weighted by atomic mass is 9.89. The van der Waals surface area contributed by atoms with Crippen molar-refractivity contribution < 1.29 is 14.6 Å². The Morgan fingerprint density at radius 3 is 2.41 bits per heavy atom. The summed E-state index contributed by atoms with van der Waals surface area (Å²) in [7, 11) is 0. The van der Waals surface area contributed by atoms with Gasteiger partial charge >= 0.3 is 0 Å². The summed E-state index contributed by atoms with van der Waals surface area (Å²) in [5.74, 6) is -0.264. The normalized spacial score (nSPS) is 11.5. The predicted molar refractivity (Wildman–Crippen MR) is 68.6 cm³/mol. The standard InChI is InChI=1S/C13H27NO3/c1-13(2,3)8-6-4-5-7-9-17-10-12(16)14-11-15/h15H,4-11H2,1-3H3,(H,14,16). The molecule has 0 radical (unpaired) electrons. The van der Waals surface area contributed by atoms with Crippen LogP contribution in [0.1, 0.15) is 52.9 Å². The van der Waals surface area contributed by atoms with Gasteiger partial charge in [-0.05, 0) is 18.3 Å². The first-order valence-corrected chi connectivity index (χ1v) is 6.41. The molecule has 17 heavy (non-hydrogen) atoms. The molecule has 0 atom stereocenters. The first kappa shape index (κ1) is 16.4. The second-order valence-corrected chi connectivity index (χ2v) is 5.54. The summed E-state index contributed by atoms with van der Waals surface area (Å²) in [5, 5.41) is 10.7. The van der Waals surface area contributed by atoms with Crippen molar-refractivity contribution in [3.05, 3.63) is 0 Å². The molecule has 0 aromatic carbocycles. The van der Waals surface area contributed by atoms with E-state index in [1.807, 2.05) is 0 Å². The molecule has 102 valence electrons. The molecule has 0 saturated heterocycles. The van der Waals surface area contributed by atoms with Crippen LogP contribution >= 0.6 is 0 Å². The highest BCUT2D eigenvalue weighted by Crippen LogP contribution is 2.22. The lowest BCUT2D eigenvalue weighted by molar-refractivity contribution is -0.126. The van der Waals surface area contributed by atoms with Crippen molar-refractivity contribution in [3.8, 4) is 0 Å². The lowest BCUT2D eigenvalue weighted by Gasteiger charge is -2.17. The van der Waals surface area contributed by atoms with Crippen LogP contribution < -0.4 is 5.32 Å². The van der Waals surface area contributed by atoms with E-state index in [-0.39, 0.29) is 19.2 Å². The largest absolute Gasteiger partial charge is 0.376 e. The zero-order valence-corrected chi connectivity index (χ0v) is 11.4. The summed E-state index contributed by atoms with van der Waals surface area (Å²) in [5.41, 5.74) is 0.429. The minimum atomic E-state index is -0.324. The van der Waals surface area contributed by atoms with Gasteiger partial charge < -0.3 is 15.2 Å². The maximum Gasteiger partial charge on any atom is 0.247 e. The smallest absolute Gasteiger partial charge is 0.247 e. The average molecular weight is 245 g/mol. The topological polar surface area (TPSA) is 58.6 Å². The van der Waals surface area contributed by atoms with Crippen molar-refractivity contribution in [1.82, 2.24) is 5.32 Å². The molecule has 0 rings (SSSR count). The number of unbranched alkanes of at least 4 members (excludes halogenated alkanes) is 3. The van der Waals surface area contributed by atoms with Crippen LogP contribution in [-0.4, -0.2) is 31.0 Å². The molecule has 0 aromatic heterocycles. The Labute approximate surface area is 105 Å². The zero-order valence-electron chi connectivity index (χ0n) is 11.4. The first-order chi connectivity index (χ1) is 7.95. The van der Waals surface area contributed by atoms with E-state index >= 15 is 0 Å². The highest BCUT2D eigenvalue weighted by molar-refractivity contribution is 5.76. The third-order valence-corrected chi connectivity index (χ3v) is 2.47. The molecule has 0 aliphatic heterocycles. The number of carbonyl (C=O) groups is 1. The molecule has 0 fully saturated rings. The quantitative estimate of drug-likeness (QED) is 0.483. The lowest BCUT2D eigenvalue weighted by Crippen LogP contribution is -2.28. The molecule has 4 nitrogen and oxygen atoms in total. The van der Waals surface area contributed by atoms with Crippen molar-refractivity contribution in [2.45, 2.75) is 52.9 Å². The van der Waals surface area contributed by atoms with Gasteiger partial charge in [-0.1, -0.05) is 40.0 Å². The van der Waals surface area contributed by atoms with E-state index in [0.717, 1.165) is 12.8 Å². The van der Waals surface area contributed by atoms with Gasteiger partial charge in [-0.2, -0.15) is 0 Å². The van der Waals surface area contributed by atoms with Crippen LogP contribution in [0.15, 0.2) is 0 Å². The number of hydrogen-bond acceptors (Lipinski definition) is 3. The van der Waals surface area contributed by atoms with Gasteiger partial charge in [0.25, 0.3) is 0 Å². The highest BCUT2D eigenvalue weighted by atomic mass is 16.5. The van der Waals surface area contributed by atoms with E-state index in [1.54, 1.807) is 0 Å². The molecule has 1 amide bonds. The van der Waals surface area contributed by atoms with Gasteiger partial charge in [0.2, 0.25) is 5.91 Å². The van der Waals surface area contributed by atoms with Gasteiger partial charge in [-0.3, -0.25) is 4.79 Å². The second-order valence-electron chi connectivity index (χ2n) is 5.54. The maximum absolute atomic E-state index is 10.9. The Kier molecular flexibility index (Phi) is 9.09. The van der Waals surface area contributed by atoms with Gasteiger partial charge in [0, 0.05) is 6.61 Å². The van der Waals surface area contributed by atoms with Crippen molar-refractivity contribution in [2.24, 2.45) is 5.41 Å². The Morgan fingerprint density at radius 2 is 1.82 bits per heavy atom. The van der Waals surface area contributed by atoms with E-state index < -0.39 is 0 Å². The number of carbonyl (C=O) groups excluding carboxylic acids is 1. The number of rotatable bonds is 9. The van der Waals surface area contributed by atoms with Gasteiger partial charge in [0.15, 0.2) is 0 Å². The van der Waals surface area contributed by atoms with Crippen LogP contribution in [0.3, 0.4) is 0 Å². The molecule has 0 heterocycles. The molecule has 0 aliphatic rings. The fourth-order valence-electron chi connectivity index (χ4n) is 1.52. The number of aliphatic hydroxyl groups excluding tert-OH is 1. The van der Waals surface area contributed by atoms with Gasteiger partial charge in [0.1, 0.15) is 13.3 Å². The molecule has 2 N–H and O–H groups in total. The number of amides is 1.